The Morgan fingerprint density at radius 1 is 1.24 bits per heavy atom. The number of rotatable bonds is 2. The van der Waals surface area contributed by atoms with Crippen LogP contribution in [0.2, 0.25) is 5.02 Å². The lowest BCUT2D eigenvalue weighted by Crippen LogP contribution is -2.02. The third-order valence-corrected chi connectivity index (χ3v) is 3.16. The molecule has 1 aromatic heterocycles. The van der Waals surface area contributed by atoms with E-state index in [9.17, 15) is 4.79 Å². The molecule has 1 aliphatic rings. The molecule has 0 amide bonds. The molecule has 4 heteroatoms. The van der Waals surface area contributed by atoms with Crippen molar-refractivity contribution in [2.24, 2.45) is 0 Å². The fourth-order valence-electron chi connectivity index (χ4n) is 2.00. The standard InChI is InChI=1S/C13H10ClNO2/c14-10-3-1-9(2-4-10)7-15-6-5-11-12(15)8-17-13(11)16/h1-6H,7-8H2. The highest BCUT2D eigenvalue weighted by Gasteiger charge is 2.24. The molecule has 0 saturated heterocycles. The molecule has 1 aliphatic heterocycles. The van der Waals surface area contributed by atoms with E-state index in [1.165, 1.54) is 0 Å². The minimum Gasteiger partial charge on any atom is -0.456 e. The quantitative estimate of drug-likeness (QED) is 0.764. The highest BCUT2D eigenvalue weighted by molar-refractivity contribution is 6.30. The maximum atomic E-state index is 11.3. The molecule has 0 unspecified atom stereocenters. The van der Waals surface area contributed by atoms with Crippen LogP contribution >= 0.6 is 11.6 Å². The third-order valence-electron chi connectivity index (χ3n) is 2.90. The van der Waals surface area contributed by atoms with Crippen LogP contribution in [0.15, 0.2) is 36.5 Å². The summed E-state index contributed by atoms with van der Waals surface area (Å²) in [5, 5.41) is 0.727. The number of benzene rings is 1. The van der Waals surface area contributed by atoms with Crippen molar-refractivity contribution in [3.05, 3.63) is 58.4 Å². The fourth-order valence-corrected chi connectivity index (χ4v) is 2.12. The molecule has 0 atom stereocenters. The van der Waals surface area contributed by atoms with Gasteiger partial charge in [0.15, 0.2) is 0 Å². The van der Waals surface area contributed by atoms with E-state index in [4.69, 9.17) is 16.3 Å². The number of esters is 1. The average molecular weight is 248 g/mol. The Labute approximate surface area is 104 Å². The second kappa shape index (κ2) is 3.93. The van der Waals surface area contributed by atoms with Crippen LogP contribution in [0.25, 0.3) is 0 Å². The van der Waals surface area contributed by atoms with Crippen LogP contribution in [0.1, 0.15) is 21.6 Å². The van der Waals surface area contributed by atoms with E-state index < -0.39 is 0 Å². The highest BCUT2D eigenvalue weighted by atomic mass is 35.5. The maximum absolute atomic E-state index is 11.3. The molecular formula is C13H10ClNO2. The highest BCUT2D eigenvalue weighted by Crippen LogP contribution is 2.22. The first-order valence-corrected chi connectivity index (χ1v) is 5.71. The molecule has 86 valence electrons. The van der Waals surface area contributed by atoms with Gasteiger partial charge in [-0.15, -0.1) is 0 Å². The van der Waals surface area contributed by atoms with Crippen molar-refractivity contribution < 1.29 is 9.53 Å². The van der Waals surface area contributed by atoms with Crippen molar-refractivity contribution in [3.63, 3.8) is 0 Å². The first-order valence-electron chi connectivity index (χ1n) is 5.33. The summed E-state index contributed by atoms with van der Waals surface area (Å²) in [4.78, 5) is 11.3. The minimum absolute atomic E-state index is 0.227. The SMILES string of the molecule is O=C1OCc2c1ccn2Cc1ccc(Cl)cc1. The molecular weight excluding hydrogens is 238 g/mol. The summed E-state index contributed by atoms with van der Waals surface area (Å²) in [6.45, 7) is 1.10. The fraction of sp³-hybridized carbons (Fsp3) is 0.154. The lowest BCUT2D eigenvalue weighted by atomic mass is 10.2. The topological polar surface area (TPSA) is 31.2 Å². The molecule has 3 rings (SSSR count). The maximum Gasteiger partial charge on any atom is 0.340 e. The molecule has 2 aromatic rings. The van der Waals surface area contributed by atoms with Crippen LogP contribution in [0.4, 0.5) is 0 Å². The molecule has 0 bridgehead atoms. The zero-order chi connectivity index (χ0) is 11.8. The van der Waals surface area contributed by atoms with E-state index in [-0.39, 0.29) is 5.97 Å². The molecule has 1 aromatic carbocycles. The Morgan fingerprint density at radius 3 is 2.76 bits per heavy atom. The molecule has 0 aliphatic carbocycles. The van der Waals surface area contributed by atoms with Gasteiger partial charge >= 0.3 is 5.97 Å². The van der Waals surface area contributed by atoms with Crippen LogP contribution in [-0.4, -0.2) is 10.5 Å². The van der Waals surface area contributed by atoms with Gasteiger partial charge in [0.05, 0.1) is 11.3 Å². The Kier molecular flexibility index (Phi) is 2.41. The first kappa shape index (κ1) is 10.4. The predicted octanol–water partition coefficient (Wildman–Crippen LogP) is 2.86. The molecule has 0 radical (unpaired) electrons. The smallest absolute Gasteiger partial charge is 0.340 e. The average Bonchev–Trinajstić information content (AvgIpc) is 2.87. The van der Waals surface area contributed by atoms with Crippen LogP contribution < -0.4 is 0 Å². The summed E-state index contributed by atoms with van der Waals surface area (Å²) in [5.41, 5.74) is 2.77. The summed E-state index contributed by atoms with van der Waals surface area (Å²) in [5.74, 6) is -0.227. The van der Waals surface area contributed by atoms with Gasteiger partial charge in [-0.2, -0.15) is 0 Å². The van der Waals surface area contributed by atoms with E-state index in [0.29, 0.717) is 12.2 Å². The second-order valence-electron chi connectivity index (χ2n) is 4.01. The van der Waals surface area contributed by atoms with Crippen molar-refractivity contribution in [1.82, 2.24) is 4.57 Å². The number of hydrogen-bond acceptors (Lipinski definition) is 2. The van der Waals surface area contributed by atoms with Crippen molar-refractivity contribution >= 4 is 17.6 Å². The number of ether oxygens (including phenoxy) is 1. The van der Waals surface area contributed by atoms with Gasteiger partial charge in [0, 0.05) is 17.8 Å². The van der Waals surface area contributed by atoms with Gasteiger partial charge in [-0.1, -0.05) is 23.7 Å². The van der Waals surface area contributed by atoms with Gasteiger partial charge in [-0.05, 0) is 23.8 Å². The Morgan fingerprint density at radius 2 is 2.00 bits per heavy atom. The van der Waals surface area contributed by atoms with E-state index in [0.717, 1.165) is 22.8 Å². The van der Waals surface area contributed by atoms with E-state index in [2.05, 4.69) is 0 Å². The number of cyclic esters (lactones) is 1. The summed E-state index contributed by atoms with van der Waals surface area (Å²) >= 11 is 5.83. The van der Waals surface area contributed by atoms with E-state index >= 15 is 0 Å². The molecule has 0 fully saturated rings. The lowest BCUT2D eigenvalue weighted by Gasteiger charge is -2.06. The zero-order valence-electron chi connectivity index (χ0n) is 9.02. The lowest BCUT2D eigenvalue weighted by molar-refractivity contribution is 0.0530. The van der Waals surface area contributed by atoms with Gasteiger partial charge in [0.2, 0.25) is 0 Å². The molecule has 0 saturated carbocycles. The molecule has 2 heterocycles. The van der Waals surface area contributed by atoms with Crippen LogP contribution in [-0.2, 0) is 17.9 Å². The zero-order valence-corrected chi connectivity index (χ0v) is 9.78. The number of nitrogens with zero attached hydrogens (tertiary/aromatic N) is 1. The van der Waals surface area contributed by atoms with Gasteiger partial charge < -0.3 is 9.30 Å². The van der Waals surface area contributed by atoms with Gasteiger partial charge in [0.1, 0.15) is 6.61 Å². The summed E-state index contributed by atoms with van der Waals surface area (Å²) in [6.07, 6.45) is 1.92. The number of fused-ring (bicyclic) bond motifs is 1. The number of aromatic nitrogens is 1. The van der Waals surface area contributed by atoms with E-state index in [1.807, 2.05) is 35.0 Å². The number of hydrogen-bond donors (Lipinski definition) is 0. The third kappa shape index (κ3) is 1.83. The van der Waals surface area contributed by atoms with Gasteiger partial charge in [-0.25, -0.2) is 4.79 Å². The van der Waals surface area contributed by atoms with Crippen LogP contribution in [0.5, 0.6) is 0 Å². The molecule has 17 heavy (non-hydrogen) atoms. The molecule has 3 nitrogen and oxygen atoms in total. The van der Waals surface area contributed by atoms with Crippen LogP contribution in [0, 0.1) is 0 Å². The van der Waals surface area contributed by atoms with Crippen molar-refractivity contribution in [2.45, 2.75) is 13.2 Å². The largest absolute Gasteiger partial charge is 0.456 e. The number of carbonyl (C=O) groups is 1. The van der Waals surface area contributed by atoms with Crippen molar-refractivity contribution in [3.8, 4) is 0 Å². The first-order chi connectivity index (χ1) is 8.24. The summed E-state index contributed by atoms with van der Waals surface area (Å²) in [7, 11) is 0. The number of carbonyl (C=O) groups excluding carboxylic acids is 1. The molecule has 0 N–H and O–H groups in total. The van der Waals surface area contributed by atoms with Gasteiger partial charge in [-0.3, -0.25) is 0 Å². The predicted molar refractivity (Wildman–Crippen MR) is 64.1 cm³/mol. The van der Waals surface area contributed by atoms with Crippen LogP contribution in [0.3, 0.4) is 0 Å². The normalized spacial score (nSPS) is 13.6. The van der Waals surface area contributed by atoms with Gasteiger partial charge in [0.25, 0.3) is 0 Å². The Hall–Kier alpha value is -1.74. The Balaban J connectivity index is 1.89. The molecule has 0 spiro atoms. The summed E-state index contributed by atoms with van der Waals surface area (Å²) in [6, 6.07) is 9.49. The van der Waals surface area contributed by atoms with Crippen molar-refractivity contribution in [1.29, 1.82) is 0 Å². The minimum atomic E-state index is -0.227. The second-order valence-corrected chi connectivity index (χ2v) is 4.44. The monoisotopic (exact) mass is 247 g/mol. The van der Waals surface area contributed by atoms with E-state index in [1.54, 1.807) is 6.07 Å². The summed E-state index contributed by atoms with van der Waals surface area (Å²) < 4.78 is 7.01. The number of halogens is 1. The van der Waals surface area contributed by atoms with Crippen molar-refractivity contribution in [2.75, 3.05) is 0 Å². The Bertz CT molecular complexity index is 572.